The highest BCUT2D eigenvalue weighted by molar-refractivity contribution is 6.04. The molecule has 1 amide bonds. The molecule has 0 spiro atoms. The normalized spacial score (nSPS) is 11.8. The largest absolute Gasteiger partial charge is 0.381 e. The molecule has 1 atom stereocenters. The van der Waals surface area contributed by atoms with E-state index in [1.807, 2.05) is 68.7 Å². The number of aromatic amines is 1. The molecule has 2 aromatic carbocycles. The van der Waals surface area contributed by atoms with Gasteiger partial charge in [0.25, 0.3) is 11.7 Å². The van der Waals surface area contributed by atoms with Crippen LogP contribution in [0.2, 0.25) is 0 Å². The summed E-state index contributed by atoms with van der Waals surface area (Å²) in [6.07, 6.45) is 6.92. The van der Waals surface area contributed by atoms with Crippen molar-refractivity contribution in [2.24, 2.45) is 7.05 Å². The van der Waals surface area contributed by atoms with Gasteiger partial charge in [-0.1, -0.05) is 36.1 Å². The number of nitrogens with one attached hydrogen (secondary N) is 2. The van der Waals surface area contributed by atoms with Gasteiger partial charge in [0, 0.05) is 25.6 Å². The van der Waals surface area contributed by atoms with Crippen LogP contribution in [-0.4, -0.2) is 35.3 Å². The maximum Gasteiger partial charge on any atom is 0.283 e. The van der Waals surface area contributed by atoms with Crippen molar-refractivity contribution in [2.75, 3.05) is 5.73 Å². The summed E-state index contributed by atoms with van der Waals surface area (Å²) in [5, 5.41) is 11.5. The van der Waals surface area contributed by atoms with Gasteiger partial charge in [-0.05, 0) is 37.3 Å². The topological polar surface area (TPSA) is 123 Å². The molecule has 10 heteroatoms. The van der Waals surface area contributed by atoms with Crippen LogP contribution in [0.15, 0.2) is 79.4 Å². The van der Waals surface area contributed by atoms with Crippen molar-refractivity contribution < 1.29 is 9.36 Å². The van der Waals surface area contributed by atoms with Gasteiger partial charge in [0.2, 0.25) is 0 Å². The van der Waals surface area contributed by atoms with Crippen LogP contribution in [0.3, 0.4) is 0 Å². The van der Waals surface area contributed by atoms with E-state index >= 15 is 0 Å². The van der Waals surface area contributed by atoms with Crippen LogP contribution >= 0.6 is 0 Å². The maximum atomic E-state index is 13.4. The minimum Gasteiger partial charge on any atom is -0.381 e. The Hall–Kier alpha value is -5.43. The van der Waals surface area contributed by atoms with Crippen LogP contribution < -0.4 is 15.6 Å². The number of hydrogen-bond acceptors (Lipinski definition) is 5. The average molecular weight is 503 g/mol. The quantitative estimate of drug-likeness (QED) is 0.253. The Morgan fingerprint density at radius 3 is 2.76 bits per heavy atom. The van der Waals surface area contributed by atoms with E-state index in [2.05, 4.69) is 41.9 Å². The number of fused-ring (bicyclic) bond motifs is 2. The second-order valence-corrected chi connectivity index (χ2v) is 8.88. The number of benzene rings is 2. The molecule has 0 fully saturated rings. The van der Waals surface area contributed by atoms with Gasteiger partial charge in [0.1, 0.15) is 17.3 Å². The average Bonchev–Trinajstić information content (AvgIpc) is 3.62. The van der Waals surface area contributed by atoms with E-state index in [-0.39, 0.29) is 17.3 Å². The van der Waals surface area contributed by atoms with E-state index < -0.39 is 6.04 Å². The van der Waals surface area contributed by atoms with Crippen LogP contribution in [0.1, 0.15) is 40.3 Å². The van der Waals surface area contributed by atoms with E-state index in [0.29, 0.717) is 5.65 Å². The van der Waals surface area contributed by atoms with Gasteiger partial charge in [-0.25, -0.2) is 14.5 Å². The van der Waals surface area contributed by atoms with Gasteiger partial charge in [-0.2, -0.15) is 9.67 Å². The lowest BCUT2D eigenvalue weighted by Crippen LogP contribution is -2.40. The molecule has 4 heterocycles. The van der Waals surface area contributed by atoms with Crippen molar-refractivity contribution in [1.29, 1.82) is 0 Å². The minimum atomic E-state index is -0.424. The van der Waals surface area contributed by atoms with E-state index in [1.165, 1.54) is 4.52 Å². The molecule has 0 aliphatic carbocycles. The molecule has 4 N–H and O–H groups in total. The molecule has 0 saturated carbocycles. The Morgan fingerprint density at radius 2 is 1.97 bits per heavy atom. The van der Waals surface area contributed by atoms with E-state index in [1.54, 1.807) is 29.3 Å². The number of rotatable bonds is 4. The number of carbonyl (C=O) groups excluding carboxylic acids is 1. The third-order valence-electron chi connectivity index (χ3n) is 6.23. The number of amides is 1. The Labute approximate surface area is 217 Å². The first-order chi connectivity index (χ1) is 18.5. The fourth-order valence-corrected chi connectivity index (χ4v) is 4.53. The first-order valence-electron chi connectivity index (χ1n) is 12.0. The molecule has 0 saturated heterocycles. The van der Waals surface area contributed by atoms with E-state index in [4.69, 9.17) is 5.73 Å². The number of aromatic nitrogens is 7. The smallest absolute Gasteiger partial charge is 0.283 e. The highest BCUT2D eigenvalue weighted by atomic mass is 16.1. The molecule has 0 radical (unpaired) electrons. The SMILES string of the molecule is C[C@H](NC(=O)c1c(N)nn2cccnc12)c1[nH]c2cccc(C#Cc3cnn(C)c3)c2[n+]1-c1ccccc1. The maximum absolute atomic E-state index is 13.4. The van der Waals surface area contributed by atoms with Crippen molar-refractivity contribution >= 4 is 28.4 Å². The molecule has 0 aliphatic heterocycles. The van der Waals surface area contributed by atoms with Crippen LogP contribution in [0, 0.1) is 11.8 Å². The molecule has 186 valence electrons. The molecule has 38 heavy (non-hydrogen) atoms. The molecule has 10 nitrogen and oxygen atoms in total. The number of nitrogens with two attached hydrogens (primary N) is 1. The first-order valence-corrected chi connectivity index (χ1v) is 12.0. The molecule has 6 aromatic rings. The van der Waals surface area contributed by atoms with Crippen molar-refractivity contribution in [1.82, 2.24) is 34.7 Å². The molecule has 0 bridgehead atoms. The molecule has 6 rings (SSSR count). The number of nitrogen functional groups attached to an aromatic ring is 1. The fraction of sp³-hybridized carbons (Fsp3) is 0.107. The summed E-state index contributed by atoms with van der Waals surface area (Å²) < 4.78 is 5.31. The van der Waals surface area contributed by atoms with E-state index in [0.717, 1.165) is 33.7 Å². The molecule has 0 unspecified atom stereocenters. The lowest BCUT2D eigenvalue weighted by atomic mass is 10.1. The van der Waals surface area contributed by atoms with Crippen LogP contribution in [0.25, 0.3) is 22.4 Å². The second-order valence-electron chi connectivity index (χ2n) is 8.88. The number of nitrogens with zero attached hydrogens (tertiary/aromatic N) is 6. The highest BCUT2D eigenvalue weighted by Gasteiger charge is 2.29. The van der Waals surface area contributed by atoms with Crippen LogP contribution in [0.5, 0.6) is 0 Å². The first kappa shape index (κ1) is 23.0. The third kappa shape index (κ3) is 4.02. The number of aryl methyl sites for hydroxylation is 1. The summed E-state index contributed by atoms with van der Waals surface area (Å²) >= 11 is 0. The van der Waals surface area contributed by atoms with Crippen LogP contribution in [0.4, 0.5) is 5.82 Å². The van der Waals surface area contributed by atoms with Crippen molar-refractivity contribution in [2.45, 2.75) is 13.0 Å². The zero-order valence-corrected chi connectivity index (χ0v) is 20.8. The number of anilines is 1. The summed E-state index contributed by atoms with van der Waals surface area (Å²) in [4.78, 5) is 21.2. The molecule has 0 aliphatic rings. The lowest BCUT2D eigenvalue weighted by Gasteiger charge is -2.11. The summed E-state index contributed by atoms with van der Waals surface area (Å²) in [5.41, 5.74) is 11.1. The predicted octanol–water partition coefficient (Wildman–Crippen LogP) is 2.69. The summed E-state index contributed by atoms with van der Waals surface area (Å²) in [6.45, 7) is 1.92. The Morgan fingerprint density at radius 1 is 1.13 bits per heavy atom. The summed E-state index contributed by atoms with van der Waals surface area (Å²) in [7, 11) is 1.86. The summed E-state index contributed by atoms with van der Waals surface area (Å²) in [6, 6.07) is 17.2. The number of H-pyrrole nitrogens is 1. The Kier molecular flexibility index (Phi) is 5.58. The Balaban J connectivity index is 1.45. The van der Waals surface area contributed by atoms with Crippen molar-refractivity contribution in [3.05, 3.63) is 102 Å². The van der Waals surface area contributed by atoms with E-state index in [9.17, 15) is 4.79 Å². The van der Waals surface area contributed by atoms with Gasteiger partial charge in [-0.3, -0.25) is 9.48 Å². The number of para-hydroxylation sites is 2. The number of carbonyl (C=O) groups is 1. The van der Waals surface area contributed by atoms with Crippen molar-refractivity contribution in [3.8, 4) is 17.5 Å². The third-order valence-corrected chi connectivity index (χ3v) is 6.23. The summed E-state index contributed by atoms with van der Waals surface area (Å²) in [5.74, 6) is 7.04. The predicted molar refractivity (Wildman–Crippen MR) is 142 cm³/mol. The zero-order valence-electron chi connectivity index (χ0n) is 20.8. The van der Waals surface area contributed by atoms with Gasteiger partial charge in [-0.15, -0.1) is 5.10 Å². The van der Waals surface area contributed by atoms with Crippen molar-refractivity contribution in [3.63, 3.8) is 0 Å². The second kappa shape index (κ2) is 9.22. The van der Waals surface area contributed by atoms with Crippen LogP contribution in [-0.2, 0) is 7.05 Å². The molecular weight excluding hydrogens is 478 g/mol. The Bertz CT molecular complexity index is 1870. The van der Waals surface area contributed by atoms with Gasteiger partial charge in [0.05, 0.1) is 17.3 Å². The van der Waals surface area contributed by atoms with Gasteiger partial charge >= 0.3 is 0 Å². The number of hydrogen-bond donors (Lipinski definition) is 3. The lowest BCUT2D eigenvalue weighted by molar-refractivity contribution is -0.578. The number of imidazole rings is 1. The monoisotopic (exact) mass is 502 g/mol. The molecular formula is C28H24N9O+. The van der Waals surface area contributed by atoms with Gasteiger partial charge < -0.3 is 11.1 Å². The standard InChI is InChI=1S/C28H23N9O/c1-18(32-28(38)23-25(29)34-36-15-7-14-30-27(23)36)26-33-22-11-6-8-20(13-12-19-16-31-35(2)17-19)24(22)37(26)21-9-4-3-5-10-21/h3-11,14-18H,1-2H3,(H3,29,32,34,38)/p+1/t18-/m0/s1. The fourth-order valence-electron chi connectivity index (χ4n) is 4.53. The highest BCUT2D eigenvalue weighted by Crippen LogP contribution is 2.22. The molecule has 4 aromatic heterocycles. The minimum absolute atomic E-state index is 0.119. The van der Waals surface area contributed by atoms with Gasteiger partial charge in [0.15, 0.2) is 22.5 Å². The zero-order chi connectivity index (χ0) is 26.2.